The van der Waals surface area contributed by atoms with E-state index in [-0.39, 0.29) is 23.9 Å². The second-order valence-corrected chi connectivity index (χ2v) is 6.70. The standard InChI is InChI=1S/C21H26N2O2/c1-15(18-11-7-8-12-19(18)25-3)22-14-17-13-20(24)23(2)21(17)16-9-5-4-6-10-16/h4-12,15,17,21-22H,13-14H2,1-3H3/t15-,17-,21+/m0/s1. The van der Waals surface area contributed by atoms with Gasteiger partial charge in [-0.3, -0.25) is 4.79 Å². The minimum absolute atomic E-state index is 0.131. The molecule has 0 bridgehead atoms. The molecule has 25 heavy (non-hydrogen) atoms. The molecule has 1 aliphatic rings. The van der Waals surface area contributed by atoms with Crippen LogP contribution in [0.1, 0.15) is 36.6 Å². The fourth-order valence-electron chi connectivity index (χ4n) is 3.74. The van der Waals surface area contributed by atoms with Gasteiger partial charge in [0.1, 0.15) is 5.75 Å². The van der Waals surface area contributed by atoms with Crippen molar-refractivity contribution in [1.29, 1.82) is 0 Å². The van der Waals surface area contributed by atoms with Gasteiger partial charge in [-0.25, -0.2) is 0 Å². The quantitative estimate of drug-likeness (QED) is 0.875. The van der Waals surface area contributed by atoms with E-state index < -0.39 is 0 Å². The van der Waals surface area contributed by atoms with Crippen molar-refractivity contribution >= 4 is 5.91 Å². The number of rotatable bonds is 6. The van der Waals surface area contributed by atoms with Crippen molar-refractivity contribution in [2.24, 2.45) is 5.92 Å². The molecule has 0 aromatic heterocycles. The van der Waals surface area contributed by atoms with Gasteiger partial charge in [0, 0.05) is 37.5 Å². The average Bonchev–Trinajstić information content (AvgIpc) is 2.94. The molecule has 1 fully saturated rings. The van der Waals surface area contributed by atoms with E-state index in [1.165, 1.54) is 5.56 Å². The normalized spacial score (nSPS) is 21.4. The summed E-state index contributed by atoms with van der Waals surface area (Å²) in [4.78, 5) is 14.1. The van der Waals surface area contributed by atoms with Crippen LogP contribution >= 0.6 is 0 Å². The number of carbonyl (C=O) groups is 1. The average molecular weight is 338 g/mol. The predicted molar refractivity (Wildman–Crippen MR) is 99.5 cm³/mol. The summed E-state index contributed by atoms with van der Waals surface area (Å²) in [6.45, 7) is 2.92. The Kier molecular flexibility index (Phi) is 5.39. The van der Waals surface area contributed by atoms with Crippen LogP contribution in [0.5, 0.6) is 5.75 Å². The number of likely N-dealkylation sites (tertiary alicyclic amines) is 1. The smallest absolute Gasteiger partial charge is 0.223 e. The minimum atomic E-state index is 0.131. The molecule has 2 aromatic rings. The molecule has 1 amide bonds. The summed E-state index contributed by atoms with van der Waals surface area (Å²) in [6, 6.07) is 18.6. The van der Waals surface area contributed by atoms with Crippen LogP contribution in [0, 0.1) is 5.92 Å². The molecular formula is C21H26N2O2. The Hall–Kier alpha value is -2.33. The Morgan fingerprint density at radius 3 is 2.56 bits per heavy atom. The van der Waals surface area contributed by atoms with Crippen LogP contribution < -0.4 is 10.1 Å². The third-order valence-electron chi connectivity index (χ3n) is 5.13. The number of benzene rings is 2. The molecular weight excluding hydrogens is 312 g/mol. The Balaban J connectivity index is 1.72. The first-order valence-electron chi connectivity index (χ1n) is 8.78. The summed E-state index contributed by atoms with van der Waals surface area (Å²) >= 11 is 0. The maximum atomic E-state index is 12.3. The fourth-order valence-corrected chi connectivity index (χ4v) is 3.74. The van der Waals surface area contributed by atoms with E-state index in [0.717, 1.165) is 17.9 Å². The highest BCUT2D eigenvalue weighted by Gasteiger charge is 2.38. The zero-order chi connectivity index (χ0) is 17.8. The lowest BCUT2D eigenvalue weighted by atomic mass is 9.93. The van der Waals surface area contributed by atoms with Gasteiger partial charge in [0.05, 0.1) is 13.2 Å². The number of methoxy groups -OCH3 is 1. The summed E-state index contributed by atoms with van der Waals surface area (Å²) in [5.41, 5.74) is 2.34. The first-order valence-corrected chi connectivity index (χ1v) is 8.78. The van der Waals surface area contributed by atoms with Gasteiger partial charge in [-0.15, -0.1) is 0 Å². The van der Waals surface area contributed by atoms with Crippen molar-refractivity contribution in [2.75, 3.05) is 20.7 Å². The van der Waals surface area contributed by atoms with Gasteiger partial charge >= 0.3 is 0 Å². The van der Waals surface area contributed by atoms with Crippen molar-refractivity contribution in [2.45, 2.75) is 25.4 Å². The maximum absolute atomic E-state index is 12.3. The Morgan fingerprint density at radius 2 is 1.84 bits per heavy atom. The molecule has 3 atom stereocenters. The molecule has 3 rings (SSSR count). The van der Waals surface area contributed by atoms with Crippen LogP contribution in [-0.4, -0.2) is 31.5 Å². The molecule has 0 aliphatic carbocycles. The molecule has 1 heterocycles. The van der Waals surface area contributed by atoms with Crippen molar-refractivity contribution < 1.29 is 9.53 Å². The van der Waals surface area contributed by atoms with Gasteiger partial charge in [0.25, 0.3) is 0 Å². The third kappa shape index (κ3) is 3.69. The minimum Gasteiger partial charge on any atom is -0.496 e. The number of nitrogens with one attached hydrogen (secondary N) is 1. The highest BCUT2D eigenvalue weighted by Crippen LogP contribution is 2.37. The van der Waals surface area contributed by atoms with Gasteiger partial charge in [0.2, 0.25) is 5.91 Å². The Labute approximate surface area is 149 Å². The van der Waals surface area contributed by atoms with Gasteiger partial charge in [0.15, 0.2) is 0 Å². The van der Waals surface area contributed by atoms with Gasteiger partial charge in [-0.05, 0) is 18.6 Å². The zero-order valence-electron chi connectivity index (χ0n) is 15.1. The van der Waals surface area contributed by atoms with Crippen LogP contribution in [0.2, 0.25) is 0 Å². The van der Waals surface area contributed by atoms with Gasteiger partial charge in [-0.1, -0.05) is 48.5 Å². The fraction of sp³-hybridized carbons (Fsp3) is 0.381. The maximum Gasteiger partial charge on any atom is 0.223 e. The SMILES string of the molecule is COc1ccccc1[C@H](C)NC[C@@H]1CC(=O)N(C)[C@@H]1c1ccccc1. The molecule has 4 nitrogen and oxygen atoms in total. The summed E-state index contributed by atoms with van der Waals surface area (Å²) in [7, 11) is 3.60. The van der Waals surface area contributed by atoms with E-state index in [4.69, 9.17) is 4.74 Å². The van der Waals surface area contributed by atoms with Crippen LogP contribution in [0.3, 0.4) is 0 Å². The van der Waals surface area contributed by atoms with Crippen LogP contribution in [0.25, 0.3) is 0 Å². The van der Waals surface area contributed by atoms with E-state index >= 15 is 0 Å². The van der Waals surface area contributed by atoms with Crippen molar-refractivity contribution in [3.05, 3.63) is 65.7 Å². The number of ether oxygens (including phenoxy) is 1. The number of amides is 1. The second kappa shape index (κ2) is 7.70. The zero-order valence-corrected chi connectivity index (χ0v) is 15.1. The Bertz CT molecular complexity index is 717. The topological polar surface area (TPSA) is 41.6 Å². The first kappa shape index (κ1) is 17.5. The van der Waals surface area contributed by atoms with Crippen molar-refractivity contribution in [1.82, 2.24) is 10.2 Å². The van der Waals surface area contributed by atoms with E-state index in [1.54, 1.807) is 7.11 Å². The molecule has 0 saturated carbocycles. The first-order chi connectivity index (χ1) is 12.1. The molecule has 132 valence electrons. The molecule has 4 heteroatoms. The van der Waals surface area contributed by atoms with Gasteiger partial charge < -0.3 is 15.0 Å². The molecule has 1 N–H and O–H groups in total. The van der Waals surface area contributed by atoms with Crippen LogP contribution in [-0.2, 0) is 4.79 Å². The Morgan fingerprint density at radius 1 is 1.16 bits per heavy atom. The molecule has 1 saturated heterocycles. The molecule has 1 aliphatic heterocycles. The largest absolute Gasteiger partial charge is 0.496 e. The number of hydrogen-bond donors (Lipinski definition) is 1. The lowest BCUT2D eigenvalue weighted by Gasteiger charge is -2.27. The number of hydrogen-bond acceptors (Lipinski definition) is 3. The molecule has 0 spiro atoms. The summed E-state index contributed by atoms with van der Waals surface area (Å²) < 4.78 is 5.46. The van der Waals surface area contributed by atoms with E-state index in [0.29, 0.717) is 6.42 Å². The number of nitrogens with zero attached hydrogens (tertiary/aromatic N) is 1. The highest BCUT2D eigenvalue weighted by molar-refractivity contribution is 5.79. The highest BCUT2D eigenvalue weighted by atomic mass is 16.5. The summed E-state index contributed by atoms with van der Waals surface area (Å²) in [6.07, 6.45) is 0.585. The summed E-state index contributed by atoms with van der Waals surface area (Å²) in [5.74, 6) is 1.37. The molecule has 0 unspecified atom stereocenters. The lowest BCUT2D eigenvalue weighted by molar-refractivity contribution is -0.127. The number of para-hydroxylation sites is 1. The van der Waals surface area contributed by atoms with Crippen molar-refractivity contribution in [3.63, 3.8) is 0 Å². The second-order valence-electron chi connectivity index (χ2n) is 6.70. The lowest BCUT2D eigenvalue weighted by Crippen LogP contribution is -2.30. The molecule has 0 radical (unpaired) electrons. The monoisotopic (exact) mass is 338 g/mol. The summed E-state index contributed by atoms with van der Waals surface area (Å²) in [5, 5.41) is 3.60. The molecule has 2 aromatic carbocycles. The van der Waals surface area contributed by atoms with Crippen LogP contribution in [0.4, 0.5) is 0 Å². The van der Waals surface area contributed by atoms with Crippen LogP contribution in [0.15, 0.2) is 54.6 Å². The van der Waals surface area contributed by atoms with Gasteiger partial charge in [-0.2, -0.15) is 0 Å². The third-order valence-corrected chi connectivity index (χ3v) is 5.13. The van der Waals surface area contributed by atoms with Crippen molar-refractivity contribution in [3.8, 4) is 5.75 Å². The predicted octanol–water partition coefficient (Wildman–Crippen LogP) is 3.57. The van der Waals surface area contributed by atoms with E-state index in [1.807, 2.05) is 48.3 Å². The number of carbonyl (C=O) groups excluding carboxylic acids is 1. The van der Waals surface area contributed by atoms with E-state index in [9.17, 15) is 4.79 Å². The van der Waals surface area contributed by atoms with E-state index in [2.05, 4.69) is 30.4 Å².